The van der Waals surface area contributed by atoms with Gasteiger partial charge in [-0.1, -0.05) is 12.1 Å². The van der Waals surface area contributed by atoms with E-state index in [9.17, 15) is 9.18 Å². The van der Waals surface area contributed by atoms with E-state index in [1.165, 1.54) is 12.1 Å². The zero-order valence-electron chi connectivity index (χ0n) is 12.4. The zero-order valence-corrected chi connectivity index (χ0v) is 12.4. The van der Waals surface area contributed by atoms with Crippen LogP contribution in [-0.2, 0) is 11.3 Å². The molecule has 1 heterocycles. The quantitative estimate of drug-likeness (QED) is 0.913. The van der Waals surface area contributed by atoms with Gasteiger partial charge in [-0.3, -0.25) is 14.8 Å². The van der Waals surface area contributed by atoms with Crippen LogP contribution in [0.4, 0.5) is 4.39 Å². The Morgan fingerprint density at radius 3 is 2.67 bits per heavy atom. The van der Waals surface area contributed by atoms with Gasteiger partial charge in [0.25, 0.3) is 0 Å². The molecule has 0 radical (unpaired) electrons. The maximum absolute atomic E-state index is 13.4. The van der Waals surface area contributed by atoms with Crippen LogP contribution in [0.15, 0.2) is 36.5 Å². The molecule has 6 heteroatoms. The van der Waals surface area contributed by atoms with Gasteiger partial charge in [-0.15, -0.1) is 0 Å². The number of aromatic amines is 1. The molecular formula is C15H19FN4O. The lowest BCUT2D eigenvalue weighted by Crippen LogP contribution is -2.38. The Bertz CT molecular complexity index is 597. The van der Waals surface area contributed by atoms with Gasteiger partial charge in [-0.05, 0) is 37.9 Å². The molecule has 1 aromatic carbocycles. The van der Waals surface area contributed by atoms with E-state index in [0.29, 0.717) is 12.1 Å². The van der Waals surface area contributed by atoms with Gasteiger partial charge >= 0.3 is 0 Å². The summed E-state index contributed by atoms with van der Waals surface area (Å²) in [5.74, 6) is -0.441. The number of nitrogens with zero attached hydrogens (tertiary/aromatic N) is 3. The minimum Gasteiger partial charge on any atom is -0.338 e. The van der Waals surface area contributed by atoms with Crippen molar-refractivity contribution < 1.29 is 9.18 Å². The largest absolute Gasteiger partial charge is 0.338 e. The first kappa shape index (κ1) is 15.2. The van der Waals surface area contributed by atoms with Crippen molar-refractivity contribution in [2.75, 3.05) is 21.1 Å². The van der Waals surface area contributed by atoms with Crippen molar-refractivity contribution in [3.8, 4) is 0 Å². The normalized spacial score (nSPS) is 12.4. The molecule has 21 heavy (non-hydrogen) atoms. The Balaban J connectivity index is 2.19. The SMILES string of the molecule is CN(Cc1ccn[nH]1)C(=O)[C@H](c1cccc(F)c1)N(C)C. The highest BCUT2D eigenvalue weighted by atomic mass is 19.1. The van der Waals surface area contributed by atoms with E-state index >= 15 is 0 Å². The smallest absolute Gasteiger partial charge is 0.244 e. The molecule has 0 aliphatic rings. The van der Waals surface area contributed by atoms with Crippen molar-refractivity contribution in [3.05, 3.63) is 53.6 Å². The lowest BCUT2D eigenvalue weighted by Gasteiger charge is -2.28. The first-order valence-corrected chi connectivity index (χ1v) is 6.64. The molecule has 1 aromatic heterocycles. The second-order valence-corrected chi connectivity index (χ2v) is 5.20. The van der Waals surface area contributed by atoms with Crippen molar-refractivity contribution in [2.24, 2.45) is 0 Å². The van der Waals surface area contributed by atoms with Crippen molar-refractivity contribution in [3.63, 3.8) is 0 Å². The van der Waals surface area contributed by atoms with Crippen LogP contribution in [0.2, 0.25) is 0 Å². The standard InChI is InChI=1S/C15H19FN4O/c1-19(2)14(11-5-4-6-12(16)9-11)15(21)20(3)10-13-7-8-17-18-13/h4-9,14H,10H2,1-3H3,(H,17,18)/t14-/m0/s1. The second kappa shape index (κ2) is 6.49. The minimum atomic E-state index is -0.520. The first-order valence-electron chi connectivity index (χ1n) is 6.64. The number of H-pyrrole nitrogens is 1. The molecule has 0 saturated heterocycles. The Labute approximate surface area is 123 Å². The van der Waals surface area contributed by atoms with Crippen LogP contribution in [0, 0.1) is 5.82 Å². The van der Waals surface area contributed by atoms with Gasteiger partial charge in [0.05, 0.1) is 12.2 Å². The van der Waals surface area contributed by atoms with Crippen molar-refractivity contribution in [1.29, 1.82) is 0 Å². The van der Waals surface area contributed by atoms with E-state index in [4.69, 9.17) is 0 Å². The van der Waals surface area contributed by atoms with Crippen LogP contribution < -0.4 is 0 Å². The van der Waals surface area contributed by atoms with Gasteiger partial charge in [0.15, 0.2) is 0 Å². The van der Waals surface area contributed by atoms with Crippen LogP contribution in [0.1, 0.15) is 17.3 Å². The molecule has 0 unspecified atom stereocenters. The highest BCUT2D eigenvalue weighted by Gasteiger charge is 2.26. The molecule has 0 fully saturated rings. The maximum Gasteiger partial charge on any atom is 0.244 e. The fraction of sp³-hybridized carbons (Fsp3) is 0.333. The second-order valence-electron chi connectivity index (χ2n) is 5.20. The number of hydrogen-bond acceptors (Lipinski definition) is 3. The first-order chi connectivity index (χ1) is 9.99. The van der Waals surface area contributed by atoms with E-state index in [1.807, 2.05) is 6.07 Å². The third kappa shape index (κ3) is 3.66. The topological polar surface area (TPSA) is 52.2 Å². The Hall–Kier alpha value is -2.21. The number of hydrogen-bond donors (Lipinski definition) is 1. The molecule has 1 amide bonds. The van der Waals surface area contributed by atoms with Crippen LogP contribution in [-0.4, -0.2) is 47.0 Å². The Morgan fingerprint density at radius 1 is 1.33 bits per heavy atom. The predicted molar refractivity (Wildman–Crippen MR) is 77.9 cm³/mol. The third-order valence-electron chi connectivity index (χ3n) is 3.26. The summed E-state index contributed by atoms with van der Waals surface area (Å²) in [5, 5.41) is 6.68. The molecule has 0 bridgehead atoms. The van der Waals surface area contributed by atoms with Crippen LogP contribution in [0.3, 0.4) is 0 Å². The minimum absolute atomic E-state index is 0.0970. The highest BCUT2D eigenvalue weighted by Crippen LogP contribution is 2.21. The number of nitrogens with one attached hydrogen (secondary N) is 1. The fourth-order valence-corrected chi connectivity index (χ4v) is 2.25. The average molecular weight is 290 g/mol. The number of likely N-dealkylation sites (N-methyl/N-ethyl adjacent to an activating group) is 2. The zero-order chi connectivity index (χ0) is 15.4. The van der Waals surface area contributed by atoms with E-state index in [1.54, 1.807) is 49.3 Å². The summed E-state index contributed by atoms with van der Waals surface area (Å²) in [6.07, 6.45) is 1.64. The summed E-state index contributed by atoms with van der Waals surface area (Å²) in [4.78, 5) is 16.0. The number of halogens is 1. The van der Waals surface area contributed by atoms with Crippen molar-refractivity contribution in [2.45, 2.75) is 12.6 Å². The summed E-state index contributed by atoms with van der Waals surface area (Å²) in [5.41, 5.74) is 1.49. The van der Waals surface area contributed by atoms with Gasteiger partial charge in [0, 0.05) is 13.2 Å². The average Bonchev–Trinajstić information content (AvgIpc) is 2.91. The van der Waals surface area contributed by atoms with E-state index in [2.05, 4.69) is 10.2 Å². The molecule has 5 nitrogen and oxygen atoms in total. The lowest BCUT2D eigenvalue weighted by atomic mass is 10.0. The fourth-order valence-electron chi connectivity index (χ4n) is 2.25. The van der Waals surface area contributed by atoms with E-state index in [0.717, 1.165) is 5.69 Å². The maximum atomic E-state index is 13.4. The number of carbonyl (C=O) groups is 1. The number of rotatable bonds is 5. The van der Waals surface area contributed by atoms with Gasteiger partial charge < -0.3 is 4.90 Å². The molecule has 0 aliphatic carbocycles. The monoisotopic (exact) mass is 290 g/mol. The molecule has 112 valence electrons. The number of benzene rings is 1. The molecular weight excluding hydrogens is 271 g/mol. The number of amides is 1. The summed E-state index contributed by atoms with van der Waals surface area (Å²) < 4.78 is 13.4. The van der Waals surface area contributed by atoms with E-state index in [-0.39, 0.29) is 11.7 Å². The summed E-state index contributed by atoms with van der Waals surface area (Å²) in [6, 6.07) is 7.44. The molecule has 1 atom stereocenters. The third-order valence-corrected chi connectivity index (χ3v) is 3.26. The number of aromatic nitrogens is 2. The van der Waals surface area contributed by atoms with Gasteiger partial charge in [0.1, 0.15) is 11.9 Å². The van der Waals surface area contributed by atoms with Crippen molar-refractivity contribution >= 4 is 5.91 Å². The lowest BCUT2D eigenvalue weighted by molar-refractivity contribution is -0.135. The molecule has 1 N–H and O–H groups in total. The summed E-state index contributed by atoms with van der Waals surface area (Å²) in [7, 11) is 5.33. The molecule has 0 aliphatic heterocycles. The molecule has 0 saturated carbocycles. The van der Waals surface area contributed by atoms with Gasteiger partial charge in [-0.25, -0.2) is 4.39 Å². The Morgan fingerprint density at radius 2 is 2.10 bits per heavy atom. The predicted octanol–water partition coefficient (Wildman–Crippen LogP) is 1.81. The van der Waals surface area contributed by atoms with Crippen LogP contribution >= 0.6 is 0 Å². The van der Waals surface area contributed by atoms with Crippen molar-refractivity contribution in [1.82, 2.24) is 20.0 Å². The molecule has 2 rings (SSSR count). The Kier molecular flexibility index (Phi) is 4.70. The van der Waals surface area contributed by atoms with Gasteiger partial charge in [-0.2, -0.15) is 5.10 Å². The van der Waals surface area contributed by atoms with E-state index < -0.39 is 6.04 Å². The summed E-state index contributed by atoms with van der Waals surface area (Å²) in [6.45, 7) is 0.429. The van der Waals surface area contributed by atoms with Crippen LogP contribution in [0.5, 0.6) is 0 Å². The van der Waals surface area contributed by atoms with Crippen LogP contribution in [0.25, 0.3) is 0 Å². The summed E-state index contributed by atoms with van der Waals surface area (Å²) >= 11 is 0. The molecule has 2 aromatic rings. The van der Waals surface area contributed by atoms with Gasteiger partial charge in [0.2, 0.25) is 5.91 Å². The molecule has 0 spiro atoms. The highest BCUT2D eigenvalue weighted by molar-refractivity contribution is 5.83. The number of carbonyl (C=O) groups excluding carboxylic acids is 1.